The van der Waals surface area contributed by atoms with Crippen molar-refractivity contribution >= 4 is 16.0 Å². The zero-order valence-corrected chi connectivity index (χ0v) is 20.4. The molecule has 3 aliphatic rings. The van der Waals surface area contributed by atoms with E-state index in [4.69, 9.17) is 18.4 Å². The zero-order chi connectivity index (χ0) is 23.6. The van der Waals surface area contributed by atoms with Crippen LogP contribution < -0.4 is 0 Å². The van der Waals surface area contributed by atoms with Crippen molar-refractivity contribution in [3.05, 3.63) is 29.1 Å². The average Bonchev–Trinajstić information content (AvgIpc) is 3.51. The number of likely N-dealkylation sites (tertiary alicyclic amines) is 1. The molecular weight excluding hydrogens is 448 g/mol. The SMILES string of the molecule is COCO[C@@]1(Cc2nccc3c2C[C@@H](CCC2CC2)C3)C(=O)N(COC)[C@H]1COS(C)(=O)=O. The van der Waals surface area contributed by atoms with Gasteiger partial charge >= 0.3 is 0 Å². The minimum absolute atomic E-state index is 0.0122. The van der Waals surface area contributed by atoms with E-state index in [1.165, 1.54) is 55.9 Å². The van der Waals surface area contributed by atoms with Gasteiger partial charge in [0.2, 0.25) is 0 Å². The summed E-state index contributed by atoms with van der Waals surface area (Å²) in [5.41, 5.74) is 1.98. The van der Waals surface area contributed by atoms with Crippen molar-refractivity contribution in [2.45, 2.75) is 56.6 Å². The Hall–Kier alpha value is -1.59. The van der Waals surface area contributed by atoms with E-state index in [0.29, 0.717) is 5.92 Å². The molecule has 2 aliphatic carbocycles. The van der Waals surface area contributed by atoms with Crippen LogP contribution >= 0.6 is 0 Å². The number of ether oxygens (including phenoxy) is 3. The highest BCUT2D eigenvalue weighted by molar-refractivity contribution is 7.85. The molecule has 0 bridgehead atoms. The zero-order valence-electron chi connectivity index (χ0n) is 19.6. The number of amides is 1. The van der Waals surface area contributed by atoms with Crippen LogP contribution in [-0.2, 0) is 52.6 Å². The molecule has 0 unspecified atom stereocenters. The fraction of sp³-hybridized carbons (Fsp3) is 0.739. The highest BCUT2D eigenvalue weighted by atomic mass is 32.2. The predicted octanol–water partition coefficient (Wildman–Crippen LogP) is 1.68. The van der Waals surface area contributed by atoms with Gasteiger partial charge in [-0.3, -0.25) is 14.0 Å². The molecule has 1 saturated carbocycles. The third kappa shape index (κ3) is 5.40. The molecule has 0 radical (unpaired) electrons. The molecule has 1 aromatic heterocycles. The molecule has 0 spiro atoms. The van der Waals surface area contributed by atoms with Crippen molar-refractivity contribution in [3.63, 3.8) is 0 Å². The number of hydrogen-bond donors (Lipinski definition) is 0. The summed E-state index contributed by atoms with van der Waals surface area (Å²) < 4.78 is 44.7. The number of fused-ring (bicyclic) bond motifs is 1. The summed E-state index contributed by atoms with van der Waals surface area (Å²) in [6.07, 6.45) is 10.2. The third-order valence-corrected chi connectivity index (χ3v) is 7.60. The molecule has 1 aromatic rings. The summed E-state index contributed by atoms with van der Waals surface area (Å²) in [5.74, 6) is 1.23. The highest BCUT2D eigenvalue weighted by Gasteiger charge is 2.62. The van der Waals surface area contributed by atoms with E-state index in [1.807, 2.05) is 0 Å². The van der Waals surface area contributed by atoms with E-state index in [2.05, 4.69) is 11.1 Å². The van der Waals surface area contributed by atoms with E-state index in [-0.39, 0.29) is 32.5 Å². The highest BCUT2D eigenvalue weighted by Crippen LogP contribution is 2.42. The topological polar surface area (TPSA) is 104 Å². The van der Waals surface area contributed by atoms with Crippen LogP contribution in [0.15, 0.2) is 12.3 Å². The summed E-state index contributed by atoms with van der Waals surface area (Å²) >= 11 is 0. The van der Waals surface area contributed by atoms with Gasteiger partial charge in [0.25, 0.3) is 16.0 Å². The van der Waals surface area contributed by atoms with Gasteiger partial charge in [0.1, 0.15) is 13.5 Å². The fourth-order valence-corrected chi connectivity index (χ4v) is 5.53. The van der Waals surface area contributed by atoms with Crippen molar-refractivity contribution in [1.82, 2.24) is 9.88 Å². The molecule has 3 atom stereocenters. The lowest BCUT2D eigenvalue weighted by molar-refractivity contribution is -0.236. The number of carbonyl (C=O) groups excluding carboxylic acids is 1. The molecule has 0 aromatic carbocycles. The maximum absolute atomic E-state index is 13.3. The van der Waals surface area contributed by atoms with Crippen LogP contribution in [-0.4, -0.2) is 76.5 Å². The lowest BCUT2D eigenvalue weighted by Crippen LogP contribution is -2.77. The smallest absolute Gasteiger partial charge is 0.264 e. The molecule has 184 valence electrons. The molecule has 0 N–H and O–H groups in total. The monoisotopic (exact) mass is 482 g/mol. The maximum atomic E-state index is 13.3. The van der Waals surface area contributed by atoms with Crippen molar-refractivity contribution in [2.24, 2.45) is 11.8 Å². The Morgan fingerprint density at radius 1 is 1.15 bits per heavy atom. The minimum atomic E-state index is -3.70. The quantitative estimate of drug-likeness (QED) is 0.238. The van der Waals surface area contributed by atoms with Crippen molar-refractivity contribution in [2.75, 3.05) is 40.6 Å². The Labute approximate surface area is 195 Å². The first-order chi connectivity index (χ1) is 15.8. The van der Waals surface area contributed by atoms with Crippen molar-refractivity contribution < 1.29 is 31.6 Å². The largest absolute Gasteiger partial charge is 0.364 e. The first kappa shape index (κ1) is 24.5. The second kappa shape index (κ2) is 9.95. The Morgan fingerprint density at radius 2 is 1.91 bits per heavy atom. The van der Waals surface area contributed by atoms with Gasteiger partial charge in [0, 0.05) is 32.5 Å². The molecule has 10 heteroatoms. The van der Waals surface area contributed by atoms with Crippen LogP contribution in [0.25, 0.3) is 0 Å². The van der Waals surface area contributed by atoms with Crippen molar-refractivity contribution in [1.29, 1.82) is 0 Å². The number of β-lactam (4-membered cyclic amide) rings is 1. The maximum Gasteiger partial charge on any atom is 0.264 e. The van der Waals surface area contributed by atoms with Crippen LogP contribution in [0.2, 0.25) is 0 Å². The van der Waals surface area contributed by atoms with Gasteiger partial charge in [0.15, 0.2) is 5.60 Å². The van der Waals surface area contributed by atoms with E-state index >= 15 is 0 Å². The van der Waals surface area contributed by atoms with Crippen LogP contribution in [0, 0.1) is 11.8 Å². The number of carbonyl (C=O) groups is 1. The normalized spacial score (nSPS) is 27.0. The number of nitrogens with zero attached hydrogens (tertiary/aromatic N) is 2. The van der Waals surface area contributed by atoms with Gasteiger partial charge in [-0.25, -0.2) is 0 Å². The second-order valence-corrected chi connectivity index (χ2v) is 11.1. The van der Waals surface area contributed by atoms with Crippen LogP contribution in [0.1, 0.15) is 42.5 Å². The molecule has 4 rings (SSSR count). The van der Waals surface area contributed by atoms with Crippen molar-refractivity contribution in [3.8, 4) is 0 Å². The van der Waals surface area contributed by atoms with Gasteiger partial charge < -0.3 is 19.1 Å². The van der Waals surface area contributed by atoms with E-state index in [0.717, 1.165) is 30.7 Å². The van der Waals surface area contributed by atoms with Gasteiger partial charge in [-0.2, -0.15) is 8.42 Å². The number of rotatable bonds is 13. The molecule has 9 nitrogen and oxygen atoms in total. The standard InChI is InChI=1S/C23H34N2O7S/c1-29-14-25-21(13-32-33(3,27)28)23(22(25)26,31-15-30-2)12-20-19-11-17(7-6-16-4-5-16)10-18(19)8-9-24-20/h8-9,16-17,21H,4-7,10-15H2,1-3H3/t17-,21-,23+/m0/s1. The minimum Gasteiger partial charge on any atom is -0.364 e. The molecule has 2 fully saturated rings. The Bertz CT molecular complexity index is 966. The number of aromatic nitrogens is 1. The molecule has 1 saturated heterocycles. The first-order valence-electron chi connectivity index (χ1n) is 11.5. The summed E-state index contributed by atoms with van der Waals surface area (Å²) in [6.45, 7) is -0.323. The lowest BCUT2D eigenvalue weighted by Gasteiger charge is -2.54. The van der Waals surface area contributed by atoms with Crippen LogP contribution in [0.5, 0.6) is 0 Å². The number of hydrogen-bond acceptors (Lipinski definition) is 8. The van der Waals surface area contributed by atoms with E-state index in [1.54, 1.807) is 6.20 Å². The summed E-state index contributed by atoms with van der Waals surface area (Å²) in [6, 6.07) is 1.42. The predicted molar refractivity (Wildman–Crippen MR) is 120 cm³/mol. The fourth-order valence-electron chi connectivity index (χ4n) is 5.16. The molecule has 2 heterocycles. The van der Waals surface area contributed by atoms with Gasteiger partial charge in [-0.1, -0.05) is 19.3 Å². The van der Waals surface area contributed by atoms with Gasteiger partial charge in [-0.15, -0.1) is 0 Å². The van der Waals surface area contributed by atoms with E-state index in [9.17, 15) is 13.2 Å². The van der Waals surface area contributed by atoms with Crippen LogP contribution in [0.3, 0.4) is 0 Å². The lowest BCUT2D eigenvalue weighted by atomic mass is 9.78. The Morgan fingerprint density at radius 3 is 2.58 bits per heavy atom. The van der Waals surface area contributed by atoms with Gasteiger partial charge in [-0.05, 0) is 48.3 Å². The Balaban J connectivity index is 1.57. The van der Waals surface area contributed by atoms with Crippen LogP contribution in [0.4, 0.5) is 0 Å². The number of pyridine rings is 1. The first-order valence-corrected chi connectivity index (χ1v) is 13.3. The third-order valence-electron chi connectivity index (χ3n) is 7.03. The summed E-state index contributed by atoms with van der Waals surface area (Å²) in [5, 5.41) is 0. The Kier molecular flexibility index (Phi) is 7.40. The van der Waals surface area contributed by atoms with Gasteiger partial charge in [0.05, 0.1) is 18.9 Å². The summed E-state index contributed by atoms with van der Waals surface area (Å²) in [7, 11) is -0.743. The number of methoxy groups -OCH3 is 2. The second-order valence-electron chi connectivity index (χ2n) is 9.50. The molecular formula is C23H34N2O7S. The van der Waals surface area contributed by atoms with E-state index < -0.39 is 21.8 Å². The summed E-state index contributed by atoms with van der Waals surface area (Å²) in [4.78, 5) is 19.4. The average molecular weight is 483 g/mol. The molecule has 1 aliphatic heterocycles. The molecule has 1 amide bonds. The molecule has 33 heavy (non-hydrogen) atoms.